The van der Waals surface area contributed by atoms with Crippen molar-refractivity contribution in [3.05, 3.63) is 22.7 Å². The highest BCUT2D eigenvalue weighted by atomic mass is 35.5. The summed E-state index contributed by atoms with van der Waals surface area (Å²) in [6.45, 7) is 0. The van der Waals surface area contributed by atoms with Gasteiger partial charge in [-0.2, -0.15) is 35.1 Å². The average Bonchev–Trinajstić information content (AvgIpc) is 2.38. The minimum atomic E-state index is -7.09. The van der Waals surface area contributed by atoms with Gasteiger partial charge in [-0.25, -0.2) is 4.39 Å². The average molecular weight is 430 g/mol. The summed E-state index contributed by atoms with van der Waals surface area (Å²) in [7, 11) is 0. The maximum absolute atomic E-state index is 14.2. The molecule has 15 heteroatoms. The van der Waals surface area contributed by atoms with Crippen molar-refractivity contribution in [2.45, 2.75) is 30.3 Å². The molecule has 0 aliphatic heterocycles. The molecule has 0 heterocycles. The molecule has 0 saturated carbocycles. The van der Waals surface area contributed by atoms with Crippen molar-refractivity contribution >= 4 is 17.3 Å². The molecule has 0 aliphatic carbocycles. The molecule has 1 aromatic rings. The third kappa shape index (κ3) is 3.69. The van der Waals surface area contributed by atoms with Crippen LogP contribution in [0.2, 0.25) is 5.02 Å². The fourth-order valence-electron chi connectivity index (χ4n) is 1.72. The SMILES string of the molecule is Nc1c(Cl)cc(C(F)(C(F)(F)F)C(F)(F)C(F)(F)F)cc1OC(F)(F)F. The highest BCUT2D eigenvalue weighted by Gasteiger charge is 2.81. The molecule has 0 aliphatic rings. The van der Waals surface area contributed by atoms with Gasteiger partial charge >= 0.3 is 30.3 Å². The summed E-state index contributed by atoms with van der Waals surface area (Å²) in [5.74, 6) is -8.99. The van der Waals surface area contributed by atoms with Crippen molar-refractivity contribution < 1.29 is 57.4 Å². The molecule has 1 rings (SSSR count). The molecular weight excluding hydrogens is 426 g/mol. The highest BCUT2D eigenvalue weighted by molar-refractivity contribution is 6.33. The molecule has 2 N–H and O–H groups in total. The molecule has 0 spiro atoms. The van der Waals surface area contributed by atoms with E-state index in [2.05, 4.69) is 4.74 Å². The zero-order valence-corrected chi connectivity index (χ0v) is 12.3. The molecule has 1 aromatic carbocycles. The molecule has 0 radical (unpaired) electrons. The van der Waals surface area contributed by atoms with Crippen LogP contribution in [-0.2, 0) is 5.67 Å². The second kappa shape index (κ2) is 6.16. The standard InChI is InChI=1S/C11H4ClF12NO/c12-4-1-3(2-5(6(4)25)26-11(22,23)24)7(13,9(16,17)18)8(14,15)10(19,20)21/h1-2H,25H2. The topological polar surface area (TPSA) is 35.2 Å². The summed E-state index contributed by atoms with van der Waals surface area (Å²) in [5, 5.41) is -1.38. The number of alkyl halides is 12. The quantitative estimate of drug-likeness (QED) is 0.491. The monoisotopic (exact) mass is 429 g/mol. The van der Waals surface area contributed by atoms with Crippen molar-refractivity contribution in [2.75, 3.05) is 5.73 Å². The summed E-state index contributed by atoms with van der Waals surface area (Å²) < 4.78 is 156. The van der Waals surface area contributed by atoms with Crippen LogP contribution in [0.4, 0.5) is 58.4 Å². The van der Waals surface area contributed by atoms with Crippen molar-refractivity contribution in [1.29, 1.82) is 0 Å². The van der Waals surface area contributed by atoms with Crippen molar-refractivity contribution in [3.63, 3.8) is 0 Å². The van der Waals surface area contributed by atoms with E-state index in [-0.39, 0.29) is 0 Å². The van der Waals surface area contributed by atoms with Gasteiger partial charge in [0.2, 0.25) is 0 Å². The van der Waals surface area contributed by atoms with Crippen LogP contribution in [0.1, 0.15) is 5.56 Å². The molecule has 0 amide bonds. The zero-order chi connectivity index (χ0) is 20.9. The summed E-state index contributed by atoms with van der Waals surface area (Å²) in [5.41, 5.74) is -5.41. The fraction of sp³-hybridized carbons (Fsp3) is 0.455. The summed E-state index contributed by atoms with van der Waals surface area (Å²) >= 11 is 5.14. The second-order valence-corrected chi connectivity index (χ2v) is 5.05. The Morgan fingerprint density at radius 3 is 1.58 bits per heavy atom. The van der Waals surface area contributed by atoms with Gasteiger partial charge in [-0.3, -0.25) is 0 Å². The molecule has 0 fully saturated rings. The van der Waals surface area contributed by atoms with Crippen molar-refractivity contribution in [3.8, 4) is 5.75 Å². The lowest BCUT2D eigenvalue weighted by molar-refractivity contribution is -0.389. The number of halogens is 13. The number of benzene rings is 1. The predicted octanol–water partition coefficient (Wildman–Crippen LogP) is 5.75. The number of rotatable bonds is 3. The molecule has 26 heavy (non-hydrogen) atoms. The lowest BCUT2D eigenvalue weighted by Crippen LogP contribution is -2.59. The van der Waals surface area contributed by atoms with E-state index in [1.165, 1.54) is 0 Å². The van der Waals surface area contributed by atoms with Crippen LogP contribution >= 0.6 is 11.6 Å². The molecule has 1 unspecified atom stereocenters. The Hall–Kier alpha value is -1.73. The van der Waals surface area contributed by atoms with Crippen LogP contribution in [0.25, 0.3) is 0 Å². The lowest BCUT2D eigenvalue weighted by Gasteiger charge is -2.36. The van der Waals surface area contributed by atoms with Crippen molar-refractivity contribution in [1.82, 2.24) is 0 Å². The number of hydrogen-bond acceptors (Lipinski definition) is 2. The number of nitrogen functional groups attached to an aromatic ring is 1. The first-order chi connectivity index (χ1) is 11.3. The summed E-state index contributed by atoms with van der Waals surface area (Å²) in [6, 6.07) is -1.10. The van der Waals surface area contributed by atoms with E-state index in [0.717, 1.165) is 0 Å². The lowest BCUT2D eigenvalue weighted by atomic mass is 9.87. The van der Waals surface area contributed by atoms with Gasteiger partial charge in [0, 0.05) is 5.56 Å². The van der Waals surface area contributed by atoms with Crippen molar-refractivity contribution in [2.24, 2.45) is 0 Å². The summed E-state index contributed by atoms with van der Waals surface area (Å²) in [6.07, 6.45) is -19.6. The van der Waals surface area contributed by atoms with Crippen LogP contribution in [0.5, 0.6) is 5.75 Å². The zero-order valence-electron chi connectivity index (χ0n) is 11.6. The van der Waals surface area contributed by atoms with E-state index in [1.807, 2.05) is 0 Å². The largest absolute Gasteiger partial charge is 0.573 e. The number of hydrogen-bond donors (Lipinski definition) is 1. The van der Waals surface area contributed by atoms with Gasteiger partial charge in [0.05, 0.1) is 10.7 Å². The Balaban J connectivity index is 3.81. The number of nitrogens with two attached hydrogens (primary N) is 1. The first kappa shape index (κ1) is 22.3. The van der Waals surface area contributed by atoms with Crippen LogP contribution < -0.4 is 10.5 Å². The fourth-order valence-corrected chi connectivity index (χ4v) is 1.93. The third-order valence-corrected chi connectivity index (χ3v) is 3.21. The first-order valence-corrected chi connectivity index (χ1v) is 6.19. The molecule has 0 bridgehead atoms. The Bertz CT molecular complexity index is 679. The maximum Gasteiger partial charge on any atom is 0.573 e. The molecular formula is C11H4ClF12NO. The summed E-state index contributed by atoms with van der Waals surface area (Å²) in [4.78, 5) is 0. The van der Waals surface area contributed by atoms with E-state index < -0.39 is 64.5 Å². The first-order valence-electron chi connectivity index (χ1n) is 5.81. The second-order valence-electron chi connectivity index (χ2n) is 4.65. The number of ether oxygens (including phenoxy) is 1. The molecule has 0 saturated heterocycles. The predicted molar refractivity (Wildman–Crippen MR) is 62.4 cm³/mol. The van der Waals surface area contributed by atoms with Gasteiger partial charge in [0.15, 0.2) is 5.75 Å². The van der Waals surface area contributed by atoms with Gasteiger partial charge in [0.1, 0.15) is 0 Å². The van der Waals surface area contributed by atoms with E-state index in [1.54, 1.807) is 0 Å². The maximum atomic E-state index is 14.2. The van der Waals surface area contributed by atoms with Crippen LogP contribution in [-0.4, -0.2) is 24.6 Å². The molecule has 150 valence electrons. The van der Waals surface area contributed by atoms with Crippen LogP contribution in [0.3, 0.4) is 0 Å². The Morgan fingerprint density at radius 2 is 1.23 bits per heavy atom. The van der Waals surface area contributed by atoms with E-state index in [4.69, 9.17) is 17.3 Å². The van der Waals surface area contributed by atoms with E-state index in [9.17, 15) is 52.7 Å². The molecule has 2 nitrogen and oxygen atoms in total. The minimum absolute atomic E-state index is 0.409. The third-order valence-electron chi connectivity index (χ3n) is 2.89. The van der Waals surface area contributed by atoms with Gasteiger partial charge in [-0.05, 0) is 12.1 Å². The molecule has 1 atom stereocenters. The molecule has 0 aromatic heterocycles. The Kier molecular flexibility index (Phi) is 5.29. The van der Waals surface area contributed by atoms with Gasteiger partial charge in [-0.1, -0.05) is 11.6 Å². The van der Waals surface area contributed by atoms with Gasteiger partial charge in [-0.15, -0.1) is 13.2 Å². The van der Waals surface area contributed by atoms with Crippen LogP contribution in [0.15, 0.2) is 12.1 Å². The number of anilines is 1. The Morgan fingerprint density at radius 1 is 0.769 bits per heavy atom. The smallest absolute Gasteiger partial charge is 0.404 e. The van der Waals surface area contributed by atoms with E-state index >= 15 is 0 Å². The highest BCUT2D eigenvalue weighted by Crippen LogP contribution is 2.59. The minimum Gasteiger partial charge on any atom is -0.404 e. The van der Waals surface area contributed by atoms with E-state index in [0.29, 0.717) is 0 Å². The Labute approximate surface area is 140 Å². The van der Waals surface area contributed by atoms with Gasteiger partial charge < -0.3 is 10.5 Å². The normalized spacial score (nSPS) is 16.3. The van der Waals surface area contributed by atoms with Gasteiger partial charge in [0.25, 0.3) is 0 Å². The van der Waals surface area contributed by atoms with Crippen LogP contribution in [0, 0.1) is 0 Å².